The van der Waals surface area contributed by atoms with Crippen LogP contribution in [0, 0.1) is 5.82 Å². The Labute approximate surface area is 114 Å². The van der Waals surface area contributed by atoms with Gasteiger partial charge in [-0.05, 0) is 37.9 Å². The zero-order chi connectivity index (χ0) is 13.9. The molecule has 0 unspecified atom stereocenters. The predicted octanol–water partition coefficient (Wildman–Crippen LogP) is 2.53. The van der Waals surface area contributed by atoms with Crippen molar-refractivity contribution in [1.82, 2.24) is 4.90 Å². The van der Waals surface area contributed by atoms with E-state index in [1.165, 1.54) is 13.2 Å². The van der Waals surface area contributed by atoms with Gasteiger partial charge in [-0.1, -0.05) is 6.92 Å². The molecule has 1 fully saturated rings. The quantitative estimate of drug-likeness (QED) is 0.910. The third-order valence-electron chi connectivity index (χ3n) is 3.90. The lowest BCUT2D eigenvalue weighted by Crippen LogP contribution is -2.43. The van der Waals surface area contributed by atoms with Gasteiger partial charge in [0.25, 0.3) is 0 Å². The average molecular weight is 267 g/mol. The SMILES string of the molecule is CCCN1CCC(O)(c2ccc(OC)cc2F)CC1. The summed E-state index contributed by atoms with van der Waals surface area (Å²) in [6.45, 7) is 4.82. The number of ether oxygens (including phenoxy) is 1. The van der Waals surface area contributed by atoms with Gasteiger partial charge >= 0.3 is 0 Å². The van der Waals surface area contributed by atoms with Gasteiger partial charge in [-0.3, -0.25) is 0 Å². The summed E-state index contributed by atoms with van der Waals surface area (Å²) in [4.78, 5) is 2.32. The van der Waals surface area contributed by atoms with Crippen molar-refractivity contribution < 1.29 is 14.2 Å². The van der Waals surface area contributed by atoms with Crippen molar-refractivity contribution in [3.05, 3.63) is 29.6 Å². The van der Waals surface area contributed by atoms with Gasteiger partial charge in [-0.2, -0.15) is 0 Å². The Morgan fingerprint density at radius 3 is 2.58 bits per heavy atom. The van der Waals surface area contributed by atoms with Gasteiger partial charge < -0.3 is 14.7 Å². The maximum absolute atomic E-state index is 14.1. The zero-order valence-corrected chi connectivity index (χ0v) is 11.7. The van der Waals surface area contributed by atoms with Crippen molar-refractivity contribution in [1.29, 1.82) is 0 Å². The summed E-state index contributed by atoms with van der Waals surface area (Å²) < 4.78 is 19.0. The van der Waals surface area contributed by atoms with Crippen LogP contribution in [-0.4, -0.2) is 36.8 Å². The molecule has 0 aromatic heterocycles. The van der Waals surface area contributed by atoms with E-state index in [0.29, 0.717) is 24.2 Å². The van der Waals surface area contributed by atoms with Crippen LogP contribution in [-0.2, 0) is 5.60 Å². The Hall–Kier alpha value is -1.13. The molecule has 0 aliphatic carbocycles. The van der Waals surface area contributed by atoms with Gasteiger partial charge in [0.2, 0.25) is 0 Å². The van der Waals surface area contributed by atoms with Crippen LogP contribution in [0.2, 0.25) is 0 Å². The van der Waals surface area contributed by atoms with Crippen LogP contribution in [0.25, 0.3) is 0 Å². The van der Waals surface area contributed by atoms with E-state index in [4.69, 9.17) is 4.74 Å². The molecule has 3 nitrogen and oxygen atoms in total. The minimum Gasteiger partial charge on any atom is -0.497 e. The highest BCUT2D eigenvalue weighted by molar-refractivity contribution is 5.32. The number of benzene rings is 1. The summed E-state index contributed by atoms with van der Waals surface area (Å²) in [5.41, 5.74) is -0.648. The molecular formula is C15H22FNO2. The Balaban J connectivity index is 2.13. The highest BCUT2D eigenvalue weighted by Crippen LogP contribution is 2.35. The van der Waals surface area contributed by atoms with Gasteiger partial charge in [0.1, 0.15) is 11.6 Å². The number of rotatable bonds is 4. The normalized spacial score (nSPS) is 19.4. The molecule has 0 atom stereocenters. The number of nitrogens with zero attached hydrogens (tertiary/aromatic N) is 1. The summed E-state index contributed by atoms with van der Waals surface area (Å²) in [5.74, 6) is 0.0964. The van der Waals surface area contributed by atoms with Crippen molar-refractivity contribution in [3.8, 4) is 5.75 Å². The predicted molar refractivity (Wildman–Crippen MR) is 72.8 cm³/mol. The van der Waals surface area contributed by atoms with Crippen LogP contribution >= 0.6 is 0 Å². The van der Waals surface area contributed by atoms with E-state index in [2.05, 4.69) is 11.8 Å². The number of halogens is 1. The third-order valence-corrected chi connectivity index (χ3v) is 3.90. The number of piperidine rings is 1. The van der Waals surface area contributed by atoms with Crippen molar-refractivity contribution >= 4 is 0 Å². The van der Waals surface area contributed by atoms with E-state index in [1.54, 1.807) is 12.1 Å². The van der Waals surface area contributed by atoms with Crippen LogP contribution in [0.1, 0.15) is 31.7 Å². The molecule has 0 radical (unpaired) electrons. The second-order valence-corrected chi connectivity index (χ2v) is 5.22. The van der Waals surface area contributed by atoms with E-state index in [1.807, 2.05) is 0 Å². The Morgan fingerprint density at radius 2 is 2.05 bits per heavy atom. The van der Waals surface area contributed by atoms with Crippen molar-refractivity contribution in [2.75, 3.05) is 26.7 Å². The molecule has 1 heterocycles. The fourth-order valence-corrected chi connectivity index (χ4v) is 2.73. The minimum absolute atomic E-state index is 0.384. The first kappa shape index (κ1) is 14.3. The molecule has 1 aromatic carbocycles. The van der Waals surface area contributed by atoms with Gasteiger partial charge in [-0.15, -0.1) is 0 Å². The van der Waals surface area contributed by atoms with E-state index < -0.39 is 5.60 Å². The molecular weight excluding hydrogens is 245 g/mol. The molecule has 1 aliphatic heterocycles. The van der Waals surface area contributed by atoms with Crippen molar-refractivity contribution in [2.24, 2.45) is 0 Å². The first-order valence-electron chi connectivity index (χ1n) is 6.88. The van der Waals surface area contributed by atoms with Crippen LogP contribution in [0.3, 0.4) is 0 Å². The fraction of sp³-hybridized carbons (Fsp3) is 0.600. The highest BCUT2D eigenvalue weighted by atomic mass is 19.1. The van der Waals surface area contributed by atoms with Gasteiger partial charge in [0.15, 0.2) is 0 Å². The Bertz CT molecular complexity index is 428. The van der Waals surface area contributed by atoms with E-state index in [-0.39, 0.29) is 5.82 Å². The maximum atomic E-state index is 14.1. The number of aliphatic hydroxyl groups is 1. The second-order valence-electron chi connectivity index (χ2n) is 5.22. The van der Waals surface area contributed by atoms with Crippen LogP contribution in [0.15, 0.2) is 18.2 Å². The molecule has 19 heavy (non-hydrogen) atoms. The molecule has 0 amide bonds. The van der Waals surface area contributed by atoms with Crippen molar-refractivity contribution in [2.45, 2.75) is 31.8 Å². The average Bonchev–Trinajstić information content (AvgIpc) is 2.41. The molecule has 1 aliphatic rings. The molecule has 1 N–H and O–H groups in total. The number of likely N-dealkylation sites (tertiary alicyclic amines) is 1. The monoisotopic (exact) mass is 267 g/mol. The van der Waals surface area contributed by atoms with Crippen LogP contribution in [0.5, 0.6) is 5.75 Å². The third kappa shape index (κ3) is 3.07. The maximum Gasteiger partial charge on any atom is 0.132 e. The van der Waals surface area contributed by atoms with E-state index in [9.17, 15) is 9.50 Å². The Kier molecular flexibility index (Phi) is 4.42. The lowest BCUT2D eigenvalue weighted by Gasteiger charge is -2.38. The van der Waals surface area contributed by atoms with Crippen molar-refractivity contribution in [3.63, 3.8) is 0 Å². The van der Waals surface area contributed by atoms with Gasteiger partial charge in [-0.25, -0.2) is 4.39 Å². The summed E-state index contributed by atoms with van der Waals surface area (Å²) in [7, 11) is 1.51. The van der Waals surface area contributed by atoms with Gasteiger partial charge in [0, 0.05) is 24.7 Å². The summed E-state index contributed by atoms with van der Waals surface area (Å²) in [6, 6.07) is 4.68. The summed E-state index contributed by atoms with van der Waals surface area (Å²) in [5, 5.41) is 10.7. The molecule has 1 aromatic rings. The number of hydrogen-bond donors (Lipinski definition) is 1. The number of methoxy groups -OCH3 is 1. The van der Waals surface area contributed by atoms with Crippen LogP contribution in [0.4, 0.5) is 4.39 Å². The number of hydrogen-bond acceptors (Lipinski definition) is 3. The van der Waals surface area contributed by atoms with Crippen LogP contribution < -0.4 is 4.74 Å². The Morgan fingerprint density at radius 1 is 1.37 bits per heavy atom. The lowest BCUT2D eigenvalue weighted by atomic mass is 9.84. The van der Waals surface area contributed by atoms with E-state index >= 15 is 0 Å². The minimum atomic E-state index is -1.04. The molecule has 0 saturated carbocycles. The lowest BCUT2D eigenvalue weighted by molar-refractivity contribution is -0.0283. The zero-order valence-electron chi connectivity index (χ0n) is 11.7. The molecule has 0 spiro atoms. The topological polar surface area (TPSA) is 32.7 Å². The second kappa shape index (κ2) is 5.88. The largest absolute Gasteiger partial charge is 0.497 e. The molecule has 1 saturated heterocycles. The highest BCUT2D eigenvalue weighted by Gasteiger charge is 2.35. The van der Waals surface area contributed by atoms with Gasteiger partial charge in [0.05, 0.1) is 12.7 Å². The molecule has 2 rings (SSSR count). The molecule has 4 heteroatoms. The first-order chi connectivity index (χ1) is 9.09. The standard InChI is InChI=1S/C15H22FNO2/c1-3-8-17-9-6-15(18,7-10-17)13-5-4-12(19-2)11-14(13)16/h4-5,11,18H,3,6-10H2,1-2H3. The molecule has 106 valence electrons. The fourth-order valence-electron chi connectivity index (χ4n) is 2.73. The summed E-state index contributed by atoms with van der Waals surface area (Å²) in [6.07, 6.45) is 2.27. The smallest absolute Gasteiger partial charge is 0.132 e. The molecule has 0 bridgehead atoms. The summed E-state index contributed by atoms with van der Waals surface area (Å²) >= 11 is 0. The first-order valence-corrected chi connectivity index (χ1v) is 6.88. The van der Waals surface area contributed by atoms with E-state index in [0.717, 1.165) is 26.1 Å².